The van der Waals surface area contributed by atoms with Crippen LogP contribution in [0.2, 0.25) is 0 Å². The summed E-state index contributed by atoms with van der Waals surface area (Å²) in [5.74, 6) is 0. The Morgan fingerprint density at radius 2 is 2.11 bits per heavy atom. The lowest BCUT2D eigenvalue weighted by atomic mass is 10.1. The van der Waals surface area contributed by atoms with Crippen molar-refractivity contribution in [3.63, 3.8) is 0 Å². The average molecular weight is 263 g/mol. The summed E-state index contributed by atoms with van der Waals surface area (Å²) in [7, 11) is 0. The lowest BCUT2D eigenvalue weighted by Gasteiger charge is -2.18. The molecule has 0 saturated heterocycles. The van der Waals surface area contributed by atoms with Gasteiger partial charge in [-0.2, -0.15) is 5.10 Å². The van der Waals surface area contributed by atoms with Crippen molar-refractivity contribution in [1.29, 1.82) is 0 Å². The van der Waals surface area contributed by atoms with Gasteiger partial charge >= 0.3 is 0 Å². The van der Waals surface area contributed by atoms with Crippen molar-refractivity contribution in [2.24, 2.45) is 4.99 Å². The van der Waals surface area contributed by atoms with Gasteiger partial charge in [-0.15, -0.1) is 11.8 Å². The SMILES string of the molecule is CCc1nn(C2CCCC2)c2c1CCN=C2SC. The summed E-state index contributed by atoms with van der Waals surface area (Å²) in [6.07, 6.45) is 9.54. The molecule has 2 aliphatic rings. The smallest absolute Gasteiger partial charge is 0.116 e. The van der Waals surface area contributed by atoms with Crippen molar-refractivity contribution in [2.45, 2.75) is 51.5 Å². The zero-order valence-electron chi connectivity index (χ0n) is 11.3. The highest BCUT2D eigenvalue weighted by Gasteiger charge is 2.28. The maximum atomic E-state index is 4.91. The molecule has 1 saturated carbocycles. The number of rotatable bonds is 2. The van der Waals surface area contributed by atoms with E-state index in [1.165, 1.54) is 47.7 Å². The van der Waals surface area contributed by atoms with Crippen molar-refractivity contribution in [3.05, 3.63) is 17.0 Å². The standard InChI is InChI=1S/C14H21N3S/c1-3-12-11-8-9-15-14(18-2)13(11)17(16-12)10-6-4-5-7-10/h10H,3-9H2,1-2H3. The third-order valence-electron chi connectivity index (χ3n) is 4.11. The Bertz CT molecular complexity index is 470. The van der Waals surface area contributed by atoms with Crippen LogP contribution in [0, 0.1) is 0 Å². The van der Waals surface area contributed by atoms with E-state index in [1.807, 2.05) is 0 Å². The molecule has 0 amide bonds. The second-order valence-corrected chi connectivity index (χ2v) is 5.95. The first-order valence-corrected chi connectivity index (χ1v) is 8.26. The van der Waals surface area contributed by atoms with E-state index in [2.05, 4.69) is 22.9 Å². The van der Waals surface area contributed by atoms with Crippen LogP contribution < -0.4 is 0 Å². The van der Waals surface area contributed by atoms with Crippen LogP contribution in [0.3, 0.4) is 0 Å². The number of hydrogen-bond donors (Lipinski definition) is 0. The number of aliphatic imine (C=N–C) groups is 1. The van der Waals surface area contributed by atoms with E-state index in [-0.39, 0.29) is 0 Å². The second-order valence-electron chi connectivity index (χ2n) is 5.15. The second kappa shape index (κ2) is 5.08. The van der Waals surface area contributed by atoms with Crippen molar-refractivity contribution in [1.82, 2.24) is 9.78 Å². The molecule has 18 heavy (non-hydrogen) atoms. The molecular formula is C14H21N3S. The molecule has 98 valence electrons. The molecule has 0 spiro atoms. The van der Waals surface area contributed by atoms with Gasteiger partial charge in [0.15, 0.2) is 0 Å². The fraction of sp³-hybridized carbons (Fsp3) is 0.714. The van der Waals surface area contributed by atoms with Crippen LogP contribution >= 0.6 is 11.8 Å². The van der Waals surface area contributed by atoms with E-state index in [9.17, 15) is 0 Å². The highest BCUT2D eigenvalue weighted by Crippen LogP contribution is 2.34. The van der Waals surface area contributed by atoms with E-state index in [0.717, 1.165) is 19.4 Å². The van der Waals surface area contributed by atoms with Crippen LogP contribution in [0.25, 0.3) is 0 Å². The third-order valence-corrected chi connectivity index (χ3v) is 4.82. The largest absolute Gasteiger partial charge is 0.276 e. The number of fused-ring (bicyclic) bond motifs is 1. The topological polar surface area (TPSA) is 30.2 Å². The molecule has 1 aromatic heterocycles. The summed E-state index contributed by atoms with van der Waals surface area (Å²) in [6.45, 7) is 3.15. The van der Waals surface area contributed by atoms with Crippen LogP contribution in [0.15, 0.2) is 4.99 Å². The van der Waals surface area contributed by atoms with E-state index in [0.29, 0.717) is 6.04 Å². The quantitative estimate of drug-likeness (QED) is 0.820. The van der Waals surface area contributed by atoms with Gasteiger partial charge in [0.05, 0.1) is 17.4 Å². The highest BCUT2D eigenvalue weighted by atomic mass is 32.2. The van der Waals surface area contributed by atoms with Crippen LogP contribution in [-0.2, 0) is 12.8 Å². The average Bonchev–Trinajstić information content (AvgIpc) is 3.04. The van der Waals surface area contributed by atoms with Crippen LogP contribution in [-0.4, -0.2) is 27.6 Å². The minimum Gasteiger partial charge on any atom is -0.276 e. The van der Waals surface area contributed by atoms with Crippen LogP contribution in [0.5, 0.6) is 0 Å². The fourth-order valence-electron chi connectivity index (χ4n) is 3.21. The summed E-state index contributed by atoms with van der Waals surface area (Å²) in [4.78, 5) is 4.69. The molecular weight excluding hydrogens is 242 g/mol. The van der Waals surface area contributed by atoms with Crippen molar-refractivity contribution < 1.29 is 0 Å². The molecule has 1 aliphatic heterocycles. The number of aromatic nitrogens is 2. The molecule has 0 radical (unpaired) electrons. The minimum absolute atomic E-state index is 0.620. The lowest BCUT2D eigenvalue weighted by molar-refractivity contribution is 0.460. The molecule has 0 unspecified atom stereocenters. The van der Waals surface area contributed by atoms with Gasteiger partial charge in [-0.25, -0.2) is 0 Å². The number of nitrogens with zero attached hydrogens (tertiary/aromatic N) is 3. The Kier molecular flexibility index (Phi) is 3.46. The summed E-state index contributed by atoms with van der Waals surface area (Å²) in [6, 6.07) is 0.620. The summed E-state index contributed by atoms with van der Waals surface area (Å²) in [5.41, 5.74) is 4.12. The Morgan fingerprint density at radius 1 is 1.33 bits per heavy atom. The van der Waals surface area contributed by atoms with Gasteiger partial charge in [-0.1, -0.05) is 19.8 Å². The van der Waals surface area contributed by atoms with Crippen LogP contribution in [0.1, 0.15) is 55.6 Å². The molecule has 1 aliphatic carbocycles. The van der Waals surface area contributed by atoms with E-state index in [4.69, 9.17) is 5.10 Å². The summed E-state index contributed by atoms with van der Waals surface area (Å²) >= 11 is 1.77. The molecule has 0 aromatic carbocycles. The predicted molar refractivity (Wildman–Crippen MR) is 77.7 cm³/mol. The molecule has 1 aromatic rings. The first-order valence-electron chi connectivity index (χ1n) is 7.04. The normalized spacial score (nSPS) is 20.0. The Morgan fingerprint density at radius 3 is 2.78 bits per heavy atom. The van der Waals surface area contributed by atoms with Gasteiger partial charge < -0.3 is 0 Å². The molecule has 4 heteroatoms. The molecule has 1 fully saturated rings. The Balaban J connectivity index is 2.09. The maximum absolute atomic E-state index is 4.91. The molecule has 0 bridgehead atoms. The molecule has 3 rings (SSSR count). The summed E-state index contributed by atoms with van der Waals surface area (Å²) in [5, 5.41) is 6.12. The molecule has 0 atom stereocenters. The van der Waals surface area contributed by atoms with Crippen molar-refractivity contribution in [3.8, 4) is 0 Å². The fourth-order valence-corrected chi connectivity index (χ4v) is 3.84. The number of thioether (sulfide) groups is 1. The van der Waals surface area contributed by atoms with Crippen molar-refractivity contribution >= 4 is 16.8 Å². The van der Waals surface area contributed by atoms with E-state index < -0.39 is 0 Å². The van der Waals surface area contributed by atoms with Gasteiger partial charge in [0.25, 0.3) is 0 Å². The Labute approximate surface area is 113 Å². The van der Waals surface area contributed by atoms with Gasteiger partial charge in [-0.3, -0.25) is 9.67 Å². The minimum atomic E-state index is 0.620. The molecule has 0 N–H and O–H groups in total. The summed E-state index contributed by atoms with van der Waals surface area (Å²) < 4.78 is 2.32. The van der Waals surface area contributed by atoms with Crippen LogP contribution in [0.4, 0.5) is 0 Å². The van der Waals surface area contributed by atoms with Gasteiger partial charge in [0.1, 0.15) is 5.04 Å². The first kappa shape index (κ1) is 12.3. The number of hydrogen-bond acceptors (Lipinski definition) is 3. The third kappa shape index (κ3) is 1.91. The molecule has 2 heterocycles. The predicted octanol–water partition coefficient (Wildman–Crippen LogP) is 3.23. The lowest BCUT2D eigenvalue weighted by Crippen LogP contribution is -2.17. The zero-order valence-corrected chi connectivity index (χ0v) is 12.1. The zero-order chi connectivity index (χ0) is 12.5. The van der Waals surface area contributed by atoms with E-state index >= 15 is 0 Å². The van der Waals surface area contributed by atoms with Gasteiger partial charge in [0.2, 0.25) is 0 Å². The van der Waals surface area contributed by atoms with Gasteiger partial charge in [0, 0.05) is 12.1 Å². The maximum Gasteiger partial charge on any atom is 0.116 e. The van der Waals surface area contributed by atoms with E-state index in [1.54, 1.807) is 11.8 Å². The number of aryl methyl sites for hydroxylation is 1. The highest BCUT2D eigenvalue weighted by molar-refractivity contribution is 8.13. The van der Waals surface area contributed by atoms with Gasteiger partial charge in [-0.05, 0) is 31.9 Å². The Hall–Kier alpha value is -0.770. The monoisotopic (exact) mass is 263 g/mol. The van der Waals surface area contributed by atoms with Crippen molar-refractivity contribution in [2.75, 3.05) is 12.8 Å². The first-order chi connectivity index (χ1) is 8.85. The molecule has 3 nitrogen and oxygen atoms in total.